The lowest BCUT2D eigenvalue weighted by Crippen LogP contribution is -2.61. The van der Waals surface area contributed by atoms with Crippen LogP contribution in [-0.4, -0.2) is 81.0 Å². The molecule has 260 valence electrons. The fourth-order valence-corrected chi connectivity index (χ4v) is 7.44. The molecule has 1 saturated heterocycles. The molecular formula is C37H39N5O7S. The maximum Gasteiger partial charge on any atom is 0.264 e. The zero-order chi connectivity index (χ0) is 35.5. The first kappa shape index (κ1) is 34.6. The summed E-state index contributed by atoms with van der Waals surface area (Å²) in [6.07, 6.45) is 1.89. The van der Waals surface area contributed by atoms with Crippen LogP contribution in [0.5, 0.6) is 11.5 Å². The van der Waals surface area contributed by atoms with Gasteiger partial charge in [0, 0.05) is 29.0 Å². The number of rotatable bonds is 12. The number of amides is 3. The number of nitrogens with one attached hydrogen (secondary N) is 3. The molecule has 50 heavy (non-hydrogen) atoms. The number of hydrogen-bond acceptors (Lipinski definition) is 9. The molecule has 12 nitrogen and oxygen atoms in total. The fourth-order valence-electron chi connectivity index (χ4n) is 6.38. The van der Waals surface area contributed by atoms with E-state index in [0.717, 1.165) is 10.9 Å². The third-order valence-corrected chi connectivity index (χ3v) is 10.5. The number of benzene rings is 3. The summed E-state index contributed by atoms with van der Waals surface area (Å²) in [5, 5.41) is 6.42. The van der Waals surface area contributed by atoms with Crippen LogP contribution >= 0.6 is 0 Å². The minimum atomic E-state index is -4.19. The SMILES string of the molecule is C=CC1CC1(NC(=O)C1CCC(Oc2cc(-c3ccccc3)nc3cc(OC)ccc23)CN1C(=O)CNC)C(=O)NS(=O)(=O)c1ccccc1. The second-order valence-corrected chi connectivity index (χ2v) is 14.1. The van der Waals surface area contributed by atoms with Crippen molar-refractivity contribution in [1.82, 2.24) is 25.2 Å². The van der Waals surface area contributed by atoms with E-state index >= 15 is 0 Å². The van der Waals surface area contributed by atoms with Gasteiger partial charge >= 0.3 is 0 Å². The van der Waals surface area contributed by atoms with Crippen molar-refractivity contribution in [2.45, 2.75) is 41.8 Å². The molecule has 1 aromatic heterocycles. The first-order valence-corrected chi connectivity index (χ1v) is 17.8. The highest BCUT2D eigenvalue weighted by atomic mass is 32.2. The maximum atomic E-state index is 13.9. The van der Waals surface area contributed by atoms with Crippen LogP contribution in [0.1, 0.15) is 19.3 Å². The van der Waals surface area contributed by atoms with Gasteiger partial charge < -0.3 is 25.0 Å². The summed E-state index contributed by atoms with van der Waals surface area (Å²) < 4.78 is 40.1. The highest BCUT2D eigenvalue weighted by Gasteiger charge is 2.61. The number of nitrogens with zero attached hydrogens (tertiary/aromatic N) is 2. The molecule has 0 radical (unpaired) electrons. The average molecular weight is 698 g/mol. The Bertz CT molecular complexity index is 2030. The third-order valence-electron chi connectivity index (χ3n) is 9.16. The molecule has 2 heterocycles. The summed E-state index contributed by atoms with van der Waals surface area (Å²) in [6, 6.07) is 23.7. The highest BCUT2D eigenvalue weighted by Crippen LogP contribution is 2.45. The van der Waals surface area contributed by atoms with Crippen molar-refractivity contribution >= 4 is 38.6 Å². The van der Waals surface area contributed by atoms with Gasteiger partial charge in [0.1, 0.15) is 29.2 Å². The normalized spacial score (nSPS) is 21.6. The second kappa shape index (κ2) is 14.3. The van der Waals surface area contributed by atoms with Gasteiger partial charge in [0.05, 0.1) is 36.3 Å². The van der Waals surface area contributed by atoms with Gasteiger partial charge in [-0.15, -0.1) is 6.58 Å². The topological polar surface area (TPSA) is 156 Å². The van der Waals surface area contributed by atoms with Crippen molar-refractivity contribution in [3.8, 4) is 22.8 Å². The van der Waals surface area contributed by atoms with E-state index in [9.17, 15) is 22.8 Å². The van der Waals surface area contributed by atoms with Crippen LogP contribution in [-0.2, 0) is 24.4 Å². The first-order chi connectivity index (χ1) is 24.1. The van der Waals surface area contributed by atoms with Crippen molar-refractivity contribution in [3.63, 3.8) is 0 Å². The van der Waals surface area contributed by atoms with Crippen molar-refractivity contribution in [1.29, 1.82) is 0 Å². The standard InChI is InChI=1S/C37H39N5O7S/c1-4-25-21-37(25,36(45)41-50(46,47)28-13-9-6-10-14-28)40-35(44)32-18-16-27(23-42(32)34(43)22-38-2)49-33-20-30(24-11-7-5-8-12-24)39-31-19-26(48-3)15-17-29(31)33/h4-15,17,19-20,25,27,32,38H,1,16,18,21-23H2,2-3H3,(H,40,44)(H,41,45). The lowest BCUT2D eigenvalue weighted by atomic mass is 9.98. The Hall–Kier alpha value is -5.27. The van der Waals surface area contributed by atoms with Gasteiger partial charge in [-0.05, 0) is 50.6 Å². The number of carbonyl (C=O) groups is 3. The van der Waals surface area contributed by atoms with Crippen LogP contribution in [0.15, 0.2) is 102 Å². The average Bonchev–Trinajstić information content (AvgIpc) is 3.85. The molecule has 4 aromatic rings. The van der Waals surface area contributed by atoms with Crippen LogP contribution in [0.25, 0.3) is 22.2 Å². The van der Waals surface area contributed by atoms with Crippen LogP contribution in [0.4, 0.5) is 0 Å². The third kappa shape index (κ3) is 7.05. The molecule has 1 aliphatic carbocycles. The molecule has 3 N–H and O–H groups in total. The van der Waals surface area contributed by atoms with E-state index < -0.39 is 45.4 Å². The number of fused-ring (bicyclic) bond motifs is 1. The van der Waals surface area contributed by atoms with Gasteiger partial charge in [0.25, 0.3) is 15.9 Å². The Balaban J connectivity index is 1.23. The Morgan fingerprint density at radius 1 is 1.02 bits per heavy atom. The van der Waals surface area contributed by atoms with Crippen molar-refractivity contribution in [2.75, 3.05) is 27.2 Å². The number of pyridine rings is 1. The summed E-state index contributed by atoms with van der Waals surface area (Å²) in [5.74, 6) is -1.01. The summed E-state index contributed by atoms with van der Waals surface area (Å²) in [5.41, 5.74) is 0.768. The second-order valence-electron chi connectivity index (χ2n) is 12.4. The molecule has 2 aliphatic rings. The number of hydrogen-bond donors (Lipinski definition) is 3. The van der Waals surface area contributed by atoms with E-state index in [1.807, 2.05) is 54.6 Å². The molecular weight excluding hydrogens is 659 g/mol. The van der Waals surface area contributed by atoms with E-state index in [2.05, 4.69) is 21.9 Å². The monoisotopic (exact) mass is 697 g/mol. The smallest absolute Gasteiger partial charge is 0.264 e. The van der Waals surface area contributed by atoms with Gasteiger partial charge in [0.2, 0.25) is 11.8 Å². The molecule has 3 amide bonds. The van der Waals surface area contributed by atoms with Crippen LogP contribution in [0.2, 0.25) is 0 Å². The van der Waals surface area contributed by atoms with Crippen LogP contribution < -0.4 is 24.8 Å². The first-order valence-electron chi connectivity index (χ1n) is 16.3. The van der Waals surface area contributed by atoms with Gasteiger partial charge in [0.15, 0.2) is 0 Å². The predicted octanol–water partition coefficient (Wildman–Crippen LogP) is 3.43. The number of carbonyl (C=O) groups excluding carboxylic acids is 3. The largest absolute Gasteiger partial charge is 0.497 e. The van der Waals surface area contributed by atoms with Gasteiger partial charge in [-0.1, -0.05) is 54.6 Å². The lowest BCUT2D eigenvalue weighted by molar-refractivity contribution is -0.145. The molecule has 0 bridgehead atoms. The number of ether oxygens (including phenoxy) is 2. The highest BCUT2D eigenvalue weighted by molar-refractivity contribution is 7.90. The minimum Gasteiger partial charge on any atom is -0.497 e. The summed E-state index contributed by atoms with van der Waals surface area (Å²) in [6.45, 7) is 3.85. The number of sulfonamides is 1. The Morgan fingerprint density at radius 2 is 1.74 bits per heavy atom. The molecule has 1 aliphatic heterocycles. The molecule has 0 spiro atoms. The molecule has 4 unspecified atom stereocenters. The Kier molecular flexibility index (Phi) is 9.89. The van der Waals surface area contributed by atoms with Crippen molar-refractivity contribution in [2.24, 2.45) is 5.92 Å². The molecule has 6 rings (SSSR count). The Labute approximate surface area is 290 Å². The van der Waals surface area contributed by atoms with E-state index in [1.54, 1.807) is 32.4 Å². The molecule has 4 atom stereocenters. The fraction of sp³-hybridized carbons (Fsp3) is 0.297. The van der Waals surface area contributed by atoms with Crippen molar-refractivity contribution in [3.05, 3.63) is 97.6 Å². The minimum absolute atomic E-state index is 0.0249. The van der Waals surface area contributed by atoms with Crippen molar-refractivity contribution < 1.29 is 32.3 Å². The summed E-state index contributed by atoms with van der Waals surface area (Å²) in [7, 11) is -0.963. The van der Waals surface area contributed by atoms with E-state index in [1.165, 1.54) is 23.1 Å². The number of aromatic nitrogens is 1. The zero-order valence-electron chi connectivity index (χ0n) is 27.8. The van der Waals surface area contributed by atoms with E-state index in [0.29, 0.717) is 29.1 Å². The van der Waals surface area contributed by atoms with E-state index in [4.69, 9.17) is 14.5 Å². The number of likely N-dealkylation sites (N-methyl/N-ethyl adjacent to an activating group) is 1. The maximum absolute atomic E-state index is 13.9. The summed E-state index contributed by atoms with van der Waals surface area (Å²) >= 11 is 0. The zero-order valence-corrected chi connectivity index (χ0v) is 28.6. The summed E-state index contributed by atoms with van der Waals surface area (Å²) in [4.78, 5) is 47.1. The molecule has 1 saturated carbocycles. The van der Waals surface area contributed by atoms with Gasteiger partial charge in [-0.2, -0.15) is 0 Å². The lowest BCUT2D eigenvalue weighted by Gasteiger charge is -2.39. The molecule has 3 aromatic carbocycles. The number of methoxy groups -OCH3 is 1. The van der Waals surface area contributed by atoms with Gasteiger partial charge in [-0.25, -0.2) is 18.1 Å². The molecule has 13 heteroatoms. The predicted molar refractivity (Wildman–Crippen MR) is 188 cm³/mol. The van der Waals surface area contributed by atoms with Crippen LogP contribution in [0, 0.1) is 5.92 Å². The van der Waals surface area contributed by atoms with E-state index in [-0.39, 0.29) is 36.7 Å². The van der Waals surface area contributed by atoms with Gasteiger partial charge in [-0.3, -0.25) is 14.4 Å². The number of piperidine rings is 1. The Morgan fingerprint density at radius 3 is 2.40 bits per heavy atom. The number of likely N-dealkylation sites (tertiary alicyclic amines) is 1. The quantitative estimate of drug-likeness (QED) is 0.189. The van der Waals surface area contributed by atoms with Crippen LogP contribution in [0.3, 0.4) is 0 Å². The molecule has 2 fully saturated rings.